The summed E-state index contributed by atoms with van der Waals surface area (Å²) in [5.41, 5.74) is 7.34. The fourth-order valence-corrected chi connectivity index (χ4v) is 14.4. The van der Waals surface area contributed by atoms with Crippen LogP contribution in [0.2, 0.25) is 0 Å². The van der Waals surface area contributed by atoms with Crippen molar-refractivity contribution in [2.75, 3.05) is 0 Å². The van der Waals surface area contributed by atoms with Gasteiger partial charge >= 0.3 is 71.1 Å². The van der Waals surface area contributed by atoms with E-state index in [2.05, 4.69) is 0 Å². The van der Waals surface area contributed by atoms with Gasteiger partial charge in [0.05, 0.1) is 26.9 Å². The second-order valence-electron chi connectivity index (χ2n) is 25.8. The van der Waals surface area contributed by atoms with Crippen molar-refractivity contribution in [3.63, 3.8) is 0 Å². The van der Waals surface area contributed by atoms with Crippen LogP contribution < -0.4 is 64.2 Å². The van der Waals surface area contributed by atoms with Crippen LogP contribution in [0, 0.1) is 6.92 Å². The van der Waals surface area contributed by atoms with Gasteiger partial charge in [-0.2, -0.15) is 8.42 Å². The molecule has 0 saturated carbocycles. The van der Waals surface area contributed by atoms with Crippen molar-refractivity contribution in [1.82, 2.24) is 0 Å². The third-order valence-corrected chi connectivity index (χ3v) is 20.6. The largest absolute Gasteiger partial charge is 1.00 e. The van der Waals surface area contributed by atoms with E-state index in [1.165, 1.54) is 84.9 Å². The minimum absolute atomic E-state index is 0. The van der Waals surface area contributed by atoms with Gasteiger partial charge in [0.15, 0.2) is 69.4 Å². The molecule has 0 spiro atoms. The Morgan fingerprint density at radius 3 is 0.658 bits per heavy atom. The van der Waals surface area contributed by atoms with Crippen LogP contribution in [0.5, 0.6) is 0 Å². The van der Waals surface area contributed by atoms with Gasteiger partial charge in [-0.25, -0.2) is 18.0 Å². The maximum absolute atomic E-state index is 12.3. The molecule has 0 saturated heterocycles. The van der Waals surface area contributed by atoms with Gasteiger partial charge in [-0.1, -0.05) is 169 Å². The summed E-state index contributed by atoms with van der Waals surface area (Å²) in [5.74, 6) is -7.04. The molecule has 6 aliphatic carbocycles. The van der Waals surface area contributed by atoms with Gasteiger partial charge in [0.2, 0.25) is 0 Å². The van der Waals surface area contributed by atoms with Gasteiger partial charge in [0.25, 0.3) is 10.1 Å². The third kappa shape index (κ3) is 18.7. The molecule has 7 N–H and O–H groups in total. The molecular formula is C88H52Na4O26S2. The number of ketones is 12. The number of aryl methyl sites for hydroxylation is 1. The number of hydrogen-bond donors (Lipinski definition) is 3. The van der Waals surface area contributed by atoms with Crippen molar-refractivity contribution in [3.05, 3.63) is 411 Å². The second kappa shape index (κ2) is 38.9. The van der Waals surface area contributed by atoms with E-state index < -0.39 is 59.5 Å². The van der Waals surface area contributed by atoms with Gasteiger partial charge in [-0.05, 0) is 103 Å². The SMILES string of the molecule is Cc1ccc2c(c1)C(=O)c1ccccc1C2=O.O.O.O=C(O)c1ccc2c(c1)C(=O)c1ccccc1C2=O.O=C(O)c1ccc2c(c1)C(=O)c1ccccc1C2=O.O=C([O-])c1ccc2c(c1)C(=O)c1ccccc1C2=O.O=C1c2ccccc2C(=O)c2cc(S(=O)(=O)O)ccc21.O=C1c2ccccc2C(=O)c2cc(S(=O)(=O)[O-])ccc21.[Na+].[Na+].[Na].[Na]. The Morgan fingerprint density at radius 2 is 0.433 bits per heavy atom. The van der Waals surface area contributed by atoms with E-state index in [4.69, 9.17) is 14.8 Å². The summed E-state index contributed by atoms with van der Waals surface area (Å²) >= 11 is 0. The summed E-state index contributed by atoms with van der Waals surface area (Å²) in [6.45, 7) is 1.92. The van der Waals surface area contributed by atoms with Gasteiger partial charge in [-0.15, -0.1) is 0 Å². The molecular weight excluding hydrogens is 1630 g/mol. The van der Waals surface area contributed by atoms with Crippen LogP contribution in [-0.2, 0) is 20.2 Å². The van der Waals surface area contributed by atoms with Crippen molar-refractivity contribution in [3.8, 4) is 0 Å². The summed E-state index contributed by atoms with van der Waals surface area (Å²) in [5, 5.41) is 28.7. The zero-order chi connectivity index (χ0) is 81.7. The number of rotatable bonds is 5. The Labute approximate surface area is 769 Å². The summed E-state index contributed by atoms with van der Waals surface area (Å²) in [7, 11) is -9.09. The first-order chi connectivity index (χ1) is 54.2. The quantitative estimate of drug-likeness (QED) is 0.165. The molecule has 12 aromatic rings. The maximum atomic E-state index is 12.3. The minimum Gasteiger partial charge on any atom is -0.744 e. The Kier molecular flexibility index (Phi) is 31.1. The van der Waals surface area contributed by atoms with Crippen molar-refractivity contribution in [2.24, 2.45) is 0 Å². The average molecular weight is 1680 g/mol. The smallest absolute Gasteiger partial charge is 0.744 e. The summed E-state index contributed by atoms with van der Waals surface area (Å²) < 4.78 is 64.2. The molecule has 0 aliphatic heterocycles. The molecule has 120 heavy (non-hydrogen) atoms. The Hall–Kier alpha value is -11.2. The zero-order valence-corrected chi connectivity index (χ0v) is 73.1. The van der Waals surface area contributed by atoms with E-state index in [1.807, 2.05) is 13.0 Å². The third-order valence-electron chi connectivity index (χ3n) is 19.0. The molecule has 12 aromatic carbocycles. The molecule has 576 valence electrons. The molecule has 0 heterocycles. The molecule has 0 unspecified atom stereocenters. The van der Waals surface area contributed by atoms with Gasteiger partial charge in [0, 0.05) is 193 Å². The molecule has 0 bridgehead atoms. The van der Waals surface area contributed by atoms with Crippen molar-refractivity contribution < 1.29 is 183 Å². The topological polar surface area (TPSA) is 494 Å². The number of carboxylic acids is 3. The fourth-order valence-electron chi connectivity index (χ4n) is 13.4. The Morgan fingerprint density at radius 1 is 0.258 bits per heavy atom. The van der Waals surface area contributed by atoms with Crippen LogP contribution in [0.1, 0.15) is 228 Å². The fraction of sp³-hybridized carbons (Fsp3) is 0.0114. The first-order valence-electron chi connectivity index (χ1n) is 33.8. The van der Waals surface area contributed by atoms with Crippen LogP contribution in [0.25, 0.3) is 0 Å². The van der Waals surface area contributed by atoms with Crippen LogP contribution in [-0.4, -0.2) is 194 Å². The second-order valence-corrected chi connectivity index (χ2v) is 28.6. The van der Waals surface area contributed by atoms with Crippen LogP contribution >= 0.6 is 0 Å². The summed E-state index contributed by atoms with van der Waals surface area (Å²) in [6, 6.07) is 63.0. The van der Waals surface area contributed by atoms with Gasteiger partial charge in [-0.3, -0.25) is 62.1 Å². The zero-order valence-electron chi connectivity index (χ0n) is 63.5. The van der Waals surface area contributed by atoms with Crippen molar-refractivity contribution in [2.45, 2.75) is 16.7 Å². The normalized spacial score (nSPS) is 12.6. The molecule has 0 aromatic heterocycles. The number of fused-ring (bicyclic) bond motifs is 12. The van der Waals surface area contributed by atoms with E-state index in [-0.39, 0.29) is 276 Å². The molecule has 0 fully saturated rings. The molecule has 6 aliphatic rings. The van der Waals surface area contributed by atoms with E-state index in [9.17, 15) is 98.4 Å². The Bertz CT molecular complexity index is 6250. The van der Waals surface area contributed by atoms with Crippen molar-refractivity contribution in [1.29, 1.82) is 0 Å². The molecule has 0 atom stereocenters. The number of carboxylic acid groups (broad SMARTS) is 3. The number of aromatic carboxylic acids is 3. The van der Waals surface area contributed by atoms with E-state index in [0.717, 1.165) is 29.8 Å². The number of hydrogen-bond acceptors (Lipinski definition) is 21. The standard InChI is InChI=1S/3C15H8O4.C15H10O2.2C14H8O5S.4Na.2H2O/c3*16-13-9-3-1-2-4-10(9)14(17)12-7-8(15(18)19)5-6-11(12)13;1-9-6-7-12-13(8-9)15(17)11-5-3-2-4-10(11)14(12)16;2*15-13-9-3-1-2-4-10(9)14(16)12-7-8(20(17,18)19)5-6-11(12)13;;;;;;/h3*1-7H,(H,18,19);2-8H,1H3;2*1-7H,(H,17,18,19);;;;;2*1H2/q;;;;;;;;2*+1;;/p-2. The maximum Gasteiger partial charge on any atom is 1.00 e. The van der Waals surface area contributed by atoms with Crippen LogP contribution in [0.4, 0.5) is 0 Å². The first kappa shape index (κ1) is 96.0. The van der Waals surface area contributed by atoms with Gasteiger partial charge < -0.3 is 35.6 Å². The molecule has 32 heteroatoms. The number of carbonyl (C=O) groups is 15. The van der Waals surface area contributed by atoms with Crippen LogP contribution in [0.15, 0.2) is 265 Å². The monoisotopic (exact) mass is 1680 g/mol. The number of benzene rings is 12. The number of carbonyl (C=O) groups excluding carboxylic acids is 13. The molecule has 26 nitrogen and oxygen atoms in total. The van der Waals surface area contributed by atoms with Crippen molar-refractivity contribution >= 4 is 167 Å². The first-order valence-corrected chi connectivity index (χ1v) is 36.6. The van der Waals surface area contributed by atoms with Gasteiger partial charge in [0.1, 0.15) is 10.1 Å². The summed E-state index contributed by atoms with van der Waals surface area (Å²) in [4.78, 5) is 179. The van der Waals surface area contributed by atoms with E-state index in [1.54, 1.807) is 140 Å². The molecule has 2 radical (unpaired) electrons. The van der Waals surface area contributed by atoms with Crippen LogP contribution in [0.3, 0.4) is 0 Å². The average Bonchev–Trinajstić information content (AvgIpc) is 0.813. The predicted octanol–water partition coefficient (Wildman–Crippen LogP) is 2.59. The molecule has 18 rings (SSSR count). The van der Waals surface area contributed by atoms with E-state index >= 15 is 0 Å². The van der Waals surface area contributed by atoms with E-state index in [0.29, 0.717) is 61.2 Å². The minimum atomic E-state index is -4.67. The Balaban J connectivity index is 0.000000197. The predicted molar refractivity (Wildman–Crippen MR) is 418 cm³/mol. The summed E-state index contributed by atoms with van der Waals surface area (Å²) in [6.07, 6.45) is 0. The molecule has 0 amide bonds.